The van der Waals surface area contributed by atoms with E-state index in [1.165, 1.54) is 0 Å². The zero-order valence-electron chi connectivity index (χ0n) is 11.4. The van der Waals surface area contributed by atoms with Gasteiger partial charge in [-0.15, -0.1) is 0 Å². The third-order valence-electron chi connectivity index (χ3n) is 3.51. The topological polar surface area (TPSA) is 70.4 Å². The molecule has 1 aromatic heterocycles. The first kappa shape index (κ1) is 14.0. The van der Waals surface area contributed by atoms with Crippen LogP contribution in [0, 0.1) is 5.92 Å². The van der Waals surface area contributed by atoms with Crippen molar-refractivity contribution in [2.75, 3.05) is 32.8 Å². The quantitative estimate of drug-likeness (QED) is 0.778. The number of likely N-dealkylation sites (tertiary alicyclic amines) is 1. The Balaban J connectivity index is 1.77. The summed E-state index contributed by atoms with van der Waals surface area (Å²) in [5.41, 5.74) is 0.463. The molecule has 1 amide bonds. The average molecular weight is 266 g/mol. The molecule has 0 aromatic carbocycles. The molecule has 1 saturated heterocycles. The van der Waals surface area contributed by atoms with Crippen LogP contribution in [0.5, 0.6) is 0 Å². The first-order chi connectivity index (χ1) is 9.19. The molecule has 2 N–H and O–H groups in total. The summed E-state index contributed by atoms with van der Waals surface area (Å²) in [5, 5.41) is 11.9. The van der Waals surface area contributed by atoms with Crippen molar-refractivity contribution in [1.82, 2.24) is 19.8 Å². The third kappa shape index (κ3) is 4.04. The van der Waals surface area contributed by atoms with Gasteiger partial charge in [0, 0.05) is 32.9 Å². The molecule has 0 radical (unpaired) electrons. The minimum absolute atomic E-state index is 0.111. The summed E-state index contributed by atoms with van der Waals surface area (Å²) in [4.78, 5) is 18.1. The standard InChI is InChI=1S/C13H22N4O2/c1-16-9-12(15-10-16)13(19)14-7-11-3-2-4-17(8-11)5-6-18/h9-11,18H,2-8H2,1H3,(H,14,19). The van der Waals surface area contributed by atoms with Crippen molar-refractivity contribution in [2.45, 2.75) is 12.8 Å². The van der Waals surface area contributed by atoms with Gasteiger partial charge in [0.25, 0.3) is 5.91 Å². The van der Waals surface area contributed by atoms with Gasteiger partial charge in [-0.05, 0) is 25.3 Å². The van der Waals surface area contributed by atoms with Crippen molar-refractivity contribution in [2.24, 2.45) is 13.0 Å². The number of aliphatic hydroxyl groups is 1. The molecule has 0 bridgehead atoms. The Morgan fingerprint density at radius 3 is 3.16 bits per heavy atom. The molecule has 106 valence electrons. The number of nitrogens with zero attached hydrogens (tertiary/aromatic N) is 3. The number of aryl methyl sites for hydroxylation is 1. The SMILES string of the molecule is Cn1cnc(C(=O)NCC2CCCN(CCO)C2)c1. The lowest BCUT2D eigenvalue weighted by atomic mass is 9.98. The Labute approximate surface area is 113 Å². The minimum atomic E-state index is -0.111. The smallest absolute Gasteiger partial charge is 0.271 e. The van der Waals surface area contributed by atoms with Crippen LogP contribution in [0.4, 0.5) is 0 Å². The molecule has 1 unspecified atom stereocenters. The van der Waals surface area contributed by atoms with Crippen LogP contribution < -0.4 is 5.32 Å². The van der Waals surface area contributed by atoms with Crippen molar-refractivity contribution in [3.05, 3.63) is 18.2 Å². The maximum atomic E-state index is 11.9. The van der Waals surface area contributed by atoms with E-state index in [0.29, 0.717) is 18.2 Å². The lowest BCUT2D eigenvalue weighted by molar-refractivity contribution is 0.0920. The number of carbonyl (C=O) groups is 1. The summed E-state index contributed by atoms with van der Waals surface area (Å²) in [5.74, 6) is 0.354. The first-order valence-electron chi connectivity index (χ1n) is 6.78. The lowest BCUT2D eigenvalue weighted by Crippen LogP contribution is -2.42. The molecular formula is C13H22N4O2. The van der Waals surface area contributed by atoms with Gasteiger partial charge >= 0.3 is 0 Å². The predicted molar refractivity (Wildman–Crippen MR) is 71.8 cm³/mol. The zero-order valence-corrected chi connectivity index (χ0v) is 11.4. The normalized spacial score (nSPS) is 20.4. The highest BCUT2D eigenvalue weighted by Gasteiger charge is 2.20. The maximum absolute atomic E-state index is 11.9. The summed E-state index contributed by atoms with van der Waals surface area (Å²) in [7, 11) is 1.84. The number of hydrogen-bond donors (Lipinski definition) is 2. The molecule has 2 rings (SSSR count). The summed E-state index contributed by atoms with van der Waals surface area (Å²) in [6, 6.07) is 0. The lowest BCUT2D eigenvalue weighted by Gasteiger charge is -2.32. The number of nitrogens with one attached hydrogen (secondary N) is 1. The summed E-state index contributed by atoms with van der Waals surface area (Å²) < 4.78 is 1.76. The number of amides is 1. The highest BCUT2D eigenvalue weighted by Crippen LogP contribution is 2.15. The van der Waals surface area contributed by atoms with Crippen molar-refractivity contribution in [1.29, 1.82) is 0 Å². The van der Waals surface area contributed by atoms with Crippen molar-refractivity contribution in [3.8, 4) is 0 Å². The molecule has 2 heterocycles. The van der Waals surface area contributed by atoms with E-state index in [2.05, 4.69) is 15.2 Å². The second-order valence-corrected chi connectivity index (χ2v) is 5.17. The Bertz CT molecular complexity index is 417. The van der Waals surface area contributed by atoms with E-state index < -0.39 is 0 Å². The van der Waals surface area contributed by atoms with E-state index >= 15 is 0 Å². The number of hydrogen-bond acceptors (Lipinski definition) is 4. The first-order valence-corrected chi connectivity index (χ1v) is 6.78. The fraction of sp³-hybridized carbons (Fsp3) is 0.692. The Morgan fingerprint density at radius 1 is 1.63 bits per heavy atom. The molecule has 1 fully saturated rings. The number of carbonyl (C=O) groups excluding carboxylic acids is 1. The average Bonchev–Trinajstić information content (AvgIpc) is 2.84. The van der Waals surface area contributed by atoms with Gasteiger partial charge < -0.3 is 19.9 Å². The molecule has 0 saturated carbocycles. The van der Waals surface area contributed by atoms with E-state index in [1.807, 2.05) is 7.05 Å². The summed E-state index contributed by atoms with van der Waals surface area (Å²) >= 11 is 0. The van der Waals surface area contributed by atoms with Crippen LogP contribution in [0.1, 0.15) is 23.3 Å². The van der Waals surface area contributed by atoms with E-state index in [4.69, 9.17) is 5.11 Å². The van der Waals surface area contributed by atoms with E-state index in [0.717, 1.165) is 32.5 Å². The number of rotatable bonds is 5. The van der Waals surface area contributed by atoms with Crippen molar-refractivity contribution >= 4 is 5.91 Å². The van der Waals surface area contributed by atoms with Crippen molar-refractivity contribution < 1.29 is 9.90 Å². The molecule has 1 aliphatic heterocycles. The molecule has 1 aliphatic rings. The molecule has 1 aromatic rings. The molecular weight excluding hydrogens is 244 g/mol. The molecule has 0 spiro atoms. The second-order valence-electron chi connectivity index (χ2n) is 5.17. The maximum Gasteiger partial charge on any atom is 0.271 e. The molecule has 1 atom stereocenters. The van der Waals surface area contributed by atoms with Gasteiger partial charge in [-0.25, -0.2) is 4.98 Å². The highest BCUT2D eigenvalue weighted by atomic mass is 16.3. The largest absolute Gasteiger partial charge is 0.395 e. The Morgan fingerprint density at radius 2 is 2.47 bits per heavy atom. The van der Waals surface area contributed by atoms with E-state index in [1.54, 1.807) is 17.1 Å². The van der Waals surface area contributed by atoms with Gasteiger partial charge in [-0.3, -0.25) is 4.79 Å². The second kappa shape index (κ2) is 6.68. The van der Waals surface area contributed by atoms with Crippen LogP contribution in [-0.4, -0.2) is 58.3 Å². The Hall–Kier alpha value is -1.40. The van der Waals surface area contributed by atoms with Crippen LogP contribution in [0.3, 0.4) is 0 Å². The Kier molecular flexibility index (Phi) is 4.93. The predicted octanol–water partition coefficient (Wildman–Crippen LogP) is -0.146. The van der Waals surface area contributed by atoms with Crippen LogP contribution in [-0.2, 0) is 7.05 Å². The van der Waals surface area contributed by atoms with Crippen molar-refractivity contribution in [3.63, 3.8) is 0 Å². The molecule has 19 heavy (non-hydrogen) atoms. The number of imidazole rings is 1. The van der Waals surface area contributed by atoms with Gasteiger partial charge in [-0.2, -0.15) is 0 Å². The monoisotopic (exact) mass is 266 g/mol. The summed E-state index contributed by atoms with van der Waals surface area (Å²) in [6.07, 6.45) is 5.60. The van der Waals surface area contributed by atoms with Crippen LogP contribution in [0.25, 0.3) is 0 Å². The van der Waals surface area contributed by atoms with E-state index in [9.17, 15) is 4.79 Å². The third-order valence-corrected chi connectivity index (χ3v) is 3.51. The van der Waals surface area contributed by atoms with Gasteiger partial charge in [0.15, 0.2) is 0 Å². The van der Waals surface area contributed by atoms with Crippen LogP contribution in [0.15, 0.2) is 12.5 Å². The number of aromatic nitrogens is 2. The van der Waals surface area contributed by atoms with Gasteiger partial charge in [0.1, 0.15) is 5.69 Å². The fourth-order valence-corrected chi connectivity index (χ4v) is 2.52. The van der Waals surface area contributed by atoms with Crippen LogP contribution in [0.2, 0.25) is 0 Å². The van der Waals surface area contributed by atoms with Gasteiger partial charge in [0.05, 0.1) is 12.9 Å². The summed E-state index contributed by atoms with van der Waals surface area (Å²) in [6.45, 7) is 3.60. The van der Waals surface area contributed by atoms with Gasteiger partial charge in [-0.1, -0.05) is 0 Å². The molecule has 0 aliphatic carbocycles. The minimum Gasteiger partial charge on any atom is -0.395 e. The van der Waals surface area contributed by atoms with E-state index in [-0.39, 0.29) is 12.5 Å². The number of piperidine rings is 1. The molecule has 6 heteroatoms. The number of aliphatic hydroxyl groups excluding tert-OH is 1. The van der Waals surface area contributed by atoms with Gasteiger partial charge in [0.2, 0.25) is 0 Å². The number of β-amino-alcohol motifs (C(OH)–C–C–N with tert-alkyl or cyclic N) is 1. The highest BCUT2D eigenvalue weighted by molar-refractivity contribution is 5.91. The fourth-order valence-electron chi connectivity index (χ4n) is 2.52. The zero-order chi connectivity index (χ0) is 13.7. The molecule has 6 nitrogen and oxygen atoms in total. The van der Waals surface area contributed by atoms with Crippen LogP contribution >= 0.6 is 0 Å².